The van der Waals surface area contributed by atoms with E-state index in [1.807, 2.05) is 0 Å². The molecule has 2 amide bonds. The first kappa shape index (κ1) is 28.1. The van der Waals surface area contributed by atoms with Crippen LogP contribution in [0.5, 0.6) is 5.75 Å². The first-order valence-corrected chi connectivity index (χ1v) is 12.6. The number of para-hydroxylation sites is 1. The fourth-order valence-electron chi connectivity index (χ4n) is 5.15. The number of nitrogens with zero attached hydrogens (tertiary/aromatic N) is 2. The first-order chi connectivity index (χ1) is 19.2. The van der Waals surface area contributed by atoms with Gasteiger partial charge in [-0.15, -0.1) is 0 Å². The van der Waals surface area contributed by atoms with Gasteiger partial charge in [0.25, 0.3) is 5.91 Å². The number of ether oxygens (including phenoxy) is 1. The summed E-state index contributed by atoms with van der Waals surface area (Å²) in [6.45, 7) is 0.240. The monoisotopic (exact) mass is 570 g/mol. The molecule has 0 saturated heterocycles. The van der Waals surface area contributed by atoms with E-state index in [0.717, 1.165) is 18.2 Å². The lowest BCUT2D eigenvalue weighted by molar-refractivity contribution is -0.265. The van der Waals surface area contributed by atoms with Crippen LogP contribution in [0.1, 0.15) is 35.0 Å². The number of primary amides is 1. The molecule has 1 aliphatic heterocycles. The van der Waals surface area contributed by atoms with Crippen LogP contribution in [0.3, 0.4) is 0 Å². The predicted molar refractivity (Wildman–Crippen MR) is 141 cm³/mol. The molecule has 0 unspecified atom stereocenters. The third-order valence-electron chi connectivity index (χ3n) is 7.38. The fourth-order valence-corrected chi connectivity index (χ4v) is 5.15. The van der Waals surface area contributed by atoms with Crippen molar-refractivity contribution >= 4 is 22.7 Å². The lowest BCUT2D eigenvalue weighted by atomic mass is 9.79. The van der Waals surface area contributed by atoms with Gasteiger partial charge in [-0.2, -0.15) is 13.2 Å². The largest absolute Gasteiger partial charge is 0.490 e. The summed E-state index contributed by atoms with van der Waals surface area (Å²) < 4.78 is 65.0. The number of carbonyl (C=O) groups is 2. The van der Waals surface area contributed by atoms with Gasteiger partial charge in [-0.05, 0) is 36.4 Å². The van der Waals surface area contributed by atoms with E-state index in [1.54, 1.807) is 42.8 Å². The topological polar surface area (TPSA) is 119 Å². The number of nitrogens with two attached hydrogens (primary N) is 1. The van der Waals surface area contributed by atoms with Crippen molar-refractivity contribution in [2.24, 2.45) is 12.8 Å². The summed E-state index contributed by atoms with van der Waals surface area (Å²) in [4.78, 5) is 29.1. The molecule has 1 aliphatic rings. The van der Waals surface area contributed by atoms with E-state index in [4.69, 9.17) is 10.5 Å². The number of aromatic nitrogens is 2. The second-order valence-corrected chi connectivity index (χ2v) is 10.4. The highest BCUT2D eigenvalue weighted by Crippen LogP contribution is 2.48. The Labute approximate surface area is 231 Å². The standard InChI is InChI=1S/C29H26F4N4O4/c1-27(12-23(34)38)15-41-25-20(27)11-22(36-24(25)16-7-9-17(30)10-8-16)28(40,29(31,32)33)14-35-26(39)19-13-37(2)21-6-4-3-5-18(19)21/h3-11,13,40H,12,14-15H2,1-2H3,(H2,34,38)(H,35,39)/t27-,28-/m0/s1. The van der Waals surface area contributed by atoms with Crippen molar-refractivity contribution in [1.29, 1.82) is 0 Å². The number of amides is 2. The van der Waals surface area contributed by atoms with E-state index in [0.29, 0.717) is 10.9 Å². The maximum atomic E-state index is 14.6. The third kappa shape index (κ3) is 4.88. The quantitative estimate of drug-likeness (QED) is 0.289. The second-order valence-electron chi connectivity index (χ2n) is 10.4. The highest BCUT2D eigenvalue weighted by Gasteiger charge is 2.57. The van der Waals surface area contributed by atoms with Crippen molar-refractivity contribution in [3.63, 3.8) is 0 Å². The van der Waals surface area contributed by atoms with Crippen LogP contribution in [0.4, 0.5) is 17.6 Å². The molecule has 0 bridgehead atoms. The number of carbonyl (C=O) groups excluding carboxylic acids is 2. The first-order valence-electron chi connectivity index (χ1n) is 12.6. The summed E-state index contributed by atoms with van der Waals surface area (Å²) in [6.07, 6.45) is -4.06. The molecule has 4 N–H and O–H groups in total. The zero-order valence-electron chi connectivity index (χ0n) is 22.1. The van der Waals surface area contributed by atoms with Gasteiger partial charge in [0, 0.05) is 47.1 Å². The zero-order chi connectivity index (χ0) is 29.7. The molecular weight excluding hydrogens is 544 g/mol. The van der Waals surface area contributed by atoms with Crippen LogP contribution in [-0.4, -0.2) is 45.8 Å². The molecule has 0 fully saturated rings. The minimum Gasteiger partial charge on any atom is -0.490 e. The van der Waals surface area contributed by atoms with E-state index < -0.39 is 47.1 Å². The van der Waals surface area contributed by atoms with E-state index in [2.05, 4.69) is 10.3 Å². The Morgan fingerprint density at radius 1 is 1.17 bits per heavy atom. The van der Waals surface area contributed by atoms with Crippen LogP contribution in [0.2, 0.25) is 0 Å². The van der Waals surface area contributed by atoms with Crippen LogP contribution >= 0.6 is 0 Å². The van der Waals surface area contributed by atoms with Gasteiger partial charge in [0.05, 0.1) is 24.4 Å². The molecule has 8 nitrogen and oxygen atoms in total. The Balaban J connectivity index is 1.61. The number of benzene rings is 2. The number of alkyl halides is 3. The second kappa shape index (κ2) is 9.88. The summed E-state index contributed by atoms with van der Waals surface area (Å²) in [7, 11) is 1.70. The Kier molecular flexibility index (Phi) is 6.77. The molecule has 41 heavy (non-hydrogen) atoms. The van der Waals surface area contributed by atoms with Crippen molar-refractivity contribution in [3.8, 4) is 17.0 Å². The summed E-state index contributed by atoms with van der Waals surface area (Å²) in [5, 5.41) is 14.0. The average Bonchev–Trinajstić information content (AvgIpc) is 3.43. The van der Waals surface area contributed by atoms with Gasteiger partial charge >= 0.3 is 6.18 Å². The number of hydrogen-bond donors (Lipinski definition) is 3. The molecule has 0 saturated carbocycles. The van der Waals surface area contributed by atoms with Gasteiger partial charge in [0.2, 0.25) is 11.5 Å². The molecule has 12 heteroatoms. The highest BCUT2D eigenvalue weighted by molar-refractivity contribution is 6.07. The Morgan fingerprint density at radius 2 is 1.85 bits per heavy atom. The van der Waals surface area contributed by atoms with Gasteiger partial charge in [-0.3, -0.25) is 9.59 Å². The van der Waals surface area contributed by atoms with Crippen LogP contribution in [0.25, 0.3) is 22.2 Å². The minimum absolute atomic E-state index is 0.0891. The maximum Gasteiger partial charge on any atom is 0.424 e. The lowest BCUT2D eigenvalue weighted by Crippen LogP contribution is -2.51. The molecule has 214 valence electrons. The molecule has 0 aliphatic carbocycles. The van der Waals surface area contributed by atoms with E-state index >= 15 is 0 Å². The SMILES string of the molecule is Cn1cc(C(=O)NC[C@](O)(c2cc3c(c(-c4ccc(F)cc4)n2)OC[C@]3(C)CC(N)=O)C(F)(F)F)c2ccccc21. The van der Waals surface area contributed by atoms with Crippen LogP contribution in [-0.2, 0) is 22.9 Å². The maximum absolute atomic E-state index is 14.6. The molecule has 0 spiro atoms. The van der Waals surface area contributed by atoms with Crippen molar-refractivity contribution in [2.75, 3.05) is 13.2 Å². The number of aliphatic hydroxyl groups is 1. The summed E-state index contributed by atoms with van der Waals surface area (Å²) in [5.74, 6) is -2.03. The molecule has 2 aromatic carbocycles. The number of aryl methyl sites for hydroxylation is 1. The van der Waals surface area contributed by atoms with Gasteiger partial charge in [0.1, 0.15) is 17.3 Å². The summed E-state index contributed by atoms with van der Waals surface area (Å²) in [6, 6.07) is 12.7. The van der Waals surface area contributed by atoms with Crippen molar-refractivity contribution in [2.45, 2.75) is 30.5 Å². The molecule has 3 heterocycles. The Morgan fingerprint density at radius 3 is 2.51 bits per heavy atom. The normalized spacial score (nSPS) is 18.0. The number of halogens is 4. The van der Waals surface area contributed by atoms with Crippen LogP contribution in [0.15, 0.2) is 60.8 Å². The molecule has 4 aromatic rings. The third-order valence-corrected chi connectivity index (χ3v) is 7.38. The van der Waals surface area contributed by atoms with Gasteiger partial charge in [-0.25, -0.2) is 9.37 Å². The summed E-state index contributed by atoms with van der Waals surface area (Å²) in [5.41, 5.74) is 0.937. The molecule has 5 rings (SSSR count). The molecular formula is C29H26F4N4O4. The highest BCUT2D eigenvalue weighted by atomic mass is 19.4. The van der Waals surface area contributed by atoms with Crippen molar-refractivity contribution in [3.05, 3.63) is 83.4 Å². The van der Waals surface area contributed by atoms with Crippen molar-refractivity contribution < 1.29 is 37.0 Å². The van der Waals surface area contributed by atoms with Crippen molar-refractivity contribution in [1.82, 2.24) is 14.9 Å². The number of rotatable bonds is 7. The smallest absolute Gasteiger partial charge is 0.424 e. The molecule has 2 aromatic heterocycles. The van der Waals surface area contributed by atoms with E-state index in [1.165, 1.54) is 18.3 Å². The van der Waals surface area contributed by atoms with Crippen LogP contribution < -0.4 is 15.8 Å². The van der Waals surface area contributed by atoms with Gasteiger partial charge < -0.3 is 25.5 Å². The lowest BCUT2D eigenvalue weighted by Gasteiger charge is -2.31. The molecule has 0 radical (unpaired) electrons. The zero-order valence-corrected chi connectivity index (χ0v) is 22.1. The Bertz CT molecular complexity index is 1670. The van der Waals surface area contributed by atoms with Gasteiger partial charge in [-0.1, -0.05) is 25.1 Å². The predicted octanol–water partition coefficient (Wildman–Crippen LogP) is 4.08. The minimum atomic E-state index is -5.29. The summed E-state index contributed by atoms with van der Waals surface area (Å²) >= 11 is 0. The van der Waals surface area contributed by atoms with E-state index in [-0.39, 0.29) is 41.2 Å². The van der Waals surface area contributed by atoms with Gasteiger partial charge in [0.15, 0.2) is 0 Å². The number of hydrogen-bond acceptors (Lipinski definition) is 5. The number of fused-ring (bicyclic) bond motifs is 2. The number of nitrogens with one attached hydrogen (secondary N) is 1. The Hall–Kier alpha value is -4.45. The average molecular weight is 571 g/mol. The number of pyridine rings is 1. The molecule has 2 atom stereocenters. The van der Waals surface area contributed by atoms with Crippen LogP contribution in [0, 0.1) is 5.82 Å². The fraction of sp³-hybridized carbons (Fsp3) is 0.276. The van der Waals surface area contributed by atoms with E-state index in [9.17, 15) is 32.3 Å².